The second kappa shape index (κ2) is 8.87. The first-order valence-corrected chi connectivity index (χ1v) is 11.7. The minimum atomic E-state index is -4.40. The van der Waals surface area contributed by atoms with Crippen LogP contribution in [0, 0.1) is 13.8 Å². The van der Waals surface area contributed by atoms with Gasteiger partial charge in [-0.15, -0.1) is 0 Å². The van der Waals surface area contributed by atoms with Crippen LogP contribution in [0.3, 0.4) is 0 Å². The Kier molecular flexibility index (Phi) is 5.87. The van der Waals surface area contributed by atoms with Crippen molar-refractivity contribution in [2.75, 3.05) is 13.1 Å². The van der Waals surface area contributed by atoms with Gasteiger partial charge in [0.1, 0.15) is 0 Å². The van der Waals surface area contributed by atoms with Crippen molar-refractivity contribution in [1.29, 1.82) is 0 Å². The molecule has 5 rings (SSSR count). The number of carbonyl (C=O) groups is 1. The highest BCUT2D eigenvalue weighted by Gasteiger charge is 2.31. The summed E-state index contributed by atoms with van der Waals surface area (Å²) < 4.78 is 39.5. The van der Waals surface area contributed by atoms with Crippen LogP contribution < -0.4 is 0 Å². The second-order valence-electron chi connectivity index (χ2n) is 9.25. The predicted molar refractivity (Wildman–Crippen MR) is 130 cm³/mol. The Morgan fingerprint density at radius 2 is 1.86 bits per heavy atom. The summed E-state index contributed by atoms with van der Waals surface area (Å²) in [6.45, 7) is 5.28. The Morgan fingerprint density at radius 1 is 1.06 bits per heavy atom. The van der Waals surface area contributed by atoms with Crippen LogP contribution in [0.2, 0.25) is 0 Å². The van der Waals surface area contributed by atoms with Gasteiger partial charge in [-0.2, -0.15) is 13.2 Å². The summed E-state index contributed by atoms with van der Waals surface area (Å²) in [5.41, 5.74) is 4.90. The third-order valence-electron chi connectivity index (χ3n) is 6.94. The van der Waals surface area contributed by atoms with E-state index in [9.17, 15) is 18.0 Å². The third kappa shape index (κ3) is 4.55. The number of pyridine rings is 1. The van der Waals surface area contributed by atoms with E-state index in [1.165, 1.54) is 11.6 Å². The summed E-state index contributed by atoms with van der Waals surface area (Å²) >= 11 is 0. The fourth-order valence-electron chi connectivity index (χ4n) is 4.89. The molecule has 0 unspecified atom stereocenters. The number of nitrogens with zero attached hydrogens (tertiary/aromatic N) is 2. The minimum Gasteiger partial charge on any atom is -0.358 e. The number of aromatic amines is 1. The lowest BCUT2D eigenvalue weighted by Crippen LogP contribution is -2.39. The summed E-state index contributed by atoms with van der Waals surface area (Å²) in [7, 11) is 0. The number of nitrogens with one attached hydrogen (secondary N) is 1. The Balaban J connectivity index is 1.37. The molecule has 4 aromatic rings. The number of rotatable bonds is 3. The molecular weight excluding hydrogens is 451 g/mol. The van der Waals surface area contributed by atoms with Crippen molar-refractivity contribution in [2.24, 2.45) is 0 Å². The molecule has 4 nitrogen and oxygen atoms in total. The summed E-state index contributed by atoms with van der Waals surface area (Å²) in [6, 6.07) is 16.4. The zero-order valence-corrected chi connectivity index (χ0v) is 19.6. The van der Waals surface area contributed by atoms with Crippen molar-refractivity contribution in [1.82, 2.24) is 14.9 Å². The molecule has 0 saturated carbocycles. The number of piperidine rings is 1. The van der Waals surface area contributed by atoms with Crippen LogP contribution in [-0.2, 0) is 6.18 Å². The standard InChI is InChI=1S/C28H26F3N3O/c1-17-18(2)32-26-15-20(11-12-23(17)26)27(35)34-13-5-7-21(16-34)25-10-4-9-24(33-25)19-6-3-8-22(14-19)28(29,30)31/h3-4,6,8-12,14-15,21,32H,5,7,13,16H2,1-2H3/t21-/m1/s1. The number of alkyl halides is 3. The van der Waals surface area contributed by atoms with Crippen molar-refractivity contribution in [3.63, 3.8) is 0 Å². The van der Waals surface area contributed by atoms with E-state index in [2.05, 4.69) is 11.9 Å². The normalized spacial score (nSPS) is 16.6. The molecule has 7 heteroatoms. The zero-order valence-electron chi connectivity index (χ0n) is 19.6. The molecule has 0 bridgehead atoms. The highest BCUT2D eigenvalue weighted by atomic mass is 19.4. The first kappa shape index (κ1) is 23.1. The first-order chi connectivity index (χ1) is 16.7. The van der Waals surface area contributed by atoms with Crippen LogP contribution in [0.25, 0.3) is 22.2 Å². The number of fused-ring (bicyclic) bond motifs is 1. The molecule has 2 aromatic carbocycles. The van der Waals surface area contributed by atoms with Crippen molar-refractivity contribution >= 4 is 16.8 Å². The maximum absolute atomic E-state index is 13.3. The monoisotopic (exact) mass is 477 g/mol. The van der Waals surface area contributed by atoms with E-state index in [0.29, 0.717) is 29.9 Å². The number of aromatic nitrogens is 2. The van der Waals surface area contributed by atoms with Gasteiger partial charge >= 0.3 is 6.18 Å². The molecule has 0 spiro atoms. The zero-order chi connectivity index (χ0) is 24.7. The largest absolute Gasteiger partial charge is 0.416 e. The average Bonchev–Trinajstić information content (AvgIpc) is 3.16. The molecule has 2 aromatic heterocycles. The van der Waals surface area contributed by atoms with Gasteiger partial charge in [0, 0.05) is 52.4 Å². The van der Waals surface area contributed by atoms with Gasteiger partial charge in [0.25, 0.3) is 5.91 Å². The fraction of sp³-hybridized carbons (Fsp3) is 0.286. The Morgan fingerprint density at radius 3 is 2.66 bits per heavy atom. The number of halogens is 3. The van der Waals surface area contributed by atoms with E-state index in [1.807, 2.05) is 42.2 Å². The smallest absolute Gasteiger partial charge is 0.358 e. The number of aryl methyl sites for hydroxylation is 2. The maximum atomic E-state index is 13.3. The molecule has 1 aliphatic rings. The number of likely N-dealkylation sites (tertiary alicyclic amines) is 1. The van der Waals surface area contributed by atoms with E-state index >= 15 is 0 Å². The average molecular weight is 478 g/mol. The van der Waals surface area contributed by atoms with Gasteiger partial charge in [-0.25, -0.2) is 0 Å². The van der Waals surface area contributed by atoms with Crippen molar-refractivity contribution < 1.29 is 18.0 Å². The lowest BCUT2D eigenvalue weighted by molar-refractivity contribution is -0.137. The highest BCUT2D eigenvalue weighted by molar-refractivity contribution is 5.98. The fourth-order valence-corrected chi connectivity index (χ4v) is 4.89. The lowest BCUT2D eigenvalue weighted by Gasteiger charge is -2.32. The number of hydrogen-bond acceptors (Lipinski definition) is 2. The van der Waals surface area contributed by atoms with Gasteiger partial charge in [0.05, 0.1) is 11.3 Å². The number of carbonyl (C=O) groups excluding carboxylic acids is 1. The van der Waals surface area contributed by atoms with E-state index in [4.69, 9.17) is 4.98 Å². The van der Waals surface area contributed by atoms with E-state index in [0.717, 1.165) is 47.3 Å². The van der Waals surface area contributed by atoms with Gasteiger partial charge in [-0.05, 0) is 68.7 Å². The lowest BCUT2D eigenvalue weighted by atomic mass is 9.93. The van der Waals surface area contributed by atoms with Gasteiger partial charge in [-0.1, -0.05) is 24.3 Å². The van der Waals surface area contributed by atoms with Crippen LogP contribution in [0.4, 0.5) is 13.2 Å². The maximum Gasteiger partial charge on any atom is 0.416 e. The van der Waals surface area contributed by atoms with Gasteiger partial charge < -0.3 is 9.88 Å². The Hall–Kier alpha value is -3.61. The summed E-state index contributed by atoms with van der Waals surface area (Å²) in [5.74, 6) is 0.00713. The number of H-pyrrole nitrogens is 1. The summed E-state index contributed by atoms with van der Waals surface area (Å²) in [4.78, 5) is 23.2. The predicted octanol–water partition coefficient (Wildman–Crippen LogP) is 6.89. The SMILES string of the molecule is Cc1[nH]c2cc(C(=O)N3CCC[C@@H](c4cccc(-c5cccc(C(F)(F)F)c5)n4)C3)ccc2c1C. The molecule has 3 heterocycles. The summed E-state index contributed by atoms with van der Waals surface area (Å²) in [6.07, 6.45) is -2.69. The molecule has 1 saturated heterocycles. The molecule has 0 aliphatic carbocycles. The Labute approximate surface area is 201 Å². The molecule has 1 aliphatic heterocycles. The number of hydrogen-bond donors (Lipinski definition) is 1. The van der Waals surface area contributed by atoms with Crippen LogP contribution in [0.1, 0.15) is 51.6 Å². The molecular formula is C28H26F3N3O. The van der Waals surface area contributed by atoms with Crippen molar-refractivity contribution in [3.8, 4) is 11.3 Å². The molecule has 0 radical (unpaired) electrons. The van der Waals surface area contributed by atoms with Crippen LogP contribution in [0.5, 0.6) is 0 Å². The van der Waals surface area contributed by atoms with Crippen LogP contribution >= 0.6 is 0 Å². The number of amides is 1. The van der Waals surface area contributed by atoms with E-state index < -0.39 is 11.7 Å². The van der Waals surface area contributed by atoms with Crippen LogP contribution in [-0.4, -0.2) is 33.9 Å². The molecule has 180 valence electrons. The molecule has 35 heavy (non-hydrogen) atoms. The van der Waals surface area contributed by atoms with E-state index in [1.54, 1.807) is 12.1 Å². The molecule has 1 atom stereocenters. The molecule has 1 amide bonds. The first-order valence-electron chi connectivity index (χ1n) is 11.7. The summed E-state index contributed by atoms with van der Waals surface area (Å²) in [5, 5.41) is 1.12. The number of benzene rings is 2. The second-order valence-corrected chi connectivity index (χ2v) is 9.25. The van der Waals surface area contributed by atoms with Crippen molar-refractivity contribution in [3.05, 3.63) is 88.7 Å². The van der Waals surface area contributed by atoms with Crippen molar-refractivity contribution in [2.45, 2.75) is 38.8 Å². The van der Waals surface area contributed by atoms with E-state index in [-0.39, 0.29) is 11.8 Å². The van der Waals surface area contributed by atoms with Gasteiger partial charge in [0.2, 0.25) is 0 Å². The molecule has 1 N–H and O–H groups in total. The Bertz CT molecular complexity index is 1410. The third-order valence-corrected chi connectivity index (χ3v) is 6.94. The van der Waals surface area contributed by atoms with Gasteiger partial charge in [-0.3, -0.25) is 9.78 Å². The topological polar surface area (TPSA) is 49.0 Å². The van der Waals surface area contributed by atoms with Crippen LogP contribution in [0.15, 0.2) is 60.7 Å². The molecule has 1 fully saturated rings. The quantitative estimate of drug-likeness (QED) is 0.349. The minimum absolute atomic E-state index is 0.0180. The van der Waals surface area contributed by atoms with Gasteiger partial charge in [0.15, 0.2) is 0 Å². The highest BCUT2D eigenvalue weighted by Crippen LogP contribution is 2.33.